The van der Waals surface area contributed by atoms with Crippen LogP contribution in [-0.4, -0.2) is 18.1 Å². The topological polar surface area (TPSA) is 56.9 Å². The minimum absolute atomic E-state index is 0.0942. The van der Waals surface area contributed by atoms with Crippen LogP contribution < -0.4 is 16.1 Å². The summed E-state index contributed by atoms with van der Waals surface area (Å²) in [5.41, 5.74) is 2.12. The van der Waals surface area contributed by atoms with Gasteiger partial charge in [-0.3, -0.25) is 4.79 Å². The molecular weight excluding hydrogens is 429 g/mol. The van der Waals surface area contributed by atoms with E-state index in [2.05, 4.69) is 51.3 Å². The molecule has 0 fully saturated rings. The highest BCUT2D eigenvalue weighted by molar-refractivity contribution is 9.10. The molecule has 0 amide bonds. The molecule has 2 heterocycles. The second-order valence-corrected chi connectivity index (χ2v) is 7.84. The van der Waals surface area contributed by atoms with Gasteiger partial charge in [0.2, 0.25) is 0 Å². The van der Waals surface area contributed by atoms with E-state index >= 15 is 0 Å². The molecule has 2 aromatic heterocycles. The summed E-state index contributed by atoms with van der Waals surface area (Å²) in [7, 11) is 0. The van der Waals surface area contributed by atoms with Gasteiger partial charge in [0.1, 0.15) is 11.6 Å². The van der Waals surface area contributed by atoms with Gasteiger partial charge in [-0.05, 0) is 47.5 Å². The van der Waals surface area contributed by atoms with Gasteiger partial charge in [0, 0.05) is 34.1 Å². The number of nitrogens with one attached hydrogen (secondary N) is 3. The van der Waals surface area contributed by atoms with Crippen molar-refractivity contribution in [3.8, 4) is 0 Å². The summed E-state index contributed by atoms with van der Waals surface area (Å²) >= 11 is 4.83. The molecule has 0 spiro atoms. The van der Waals surface area contributed by atoms with Crippen molar-refractivity contribution in [3.63, 3.8) is 0 Å². The van der Waals surface area contributed by atoms with E-state index in [4.69, 9.17) is 0 Å². The minimum atomic E-state index is -0.416. The monoisotopic (exact) mass is 451 g/mol. The lowest BCUT2D eigenvalue weighted by Gasteiger charge is -2.10. The van der Waals surface area contributed by atoms with Gasteiger partial charge in [-0.15, -0.1) is 11.3 Å². The van der Waals surface area contributed by atoms with E-state index in [0.29, 0.717) is 35.0 Å². The molecule has 0 radical (unpaired) electrons. The lowest BCUT2D eigenvalue weighted by molar-refractivity contribution is 0.666. The third kappa shape index (κ3) is 5.28. The number of hydrogen-bond donors (Lipinski definition) is 3. The van der Waals surface area contributed by atoms with Crippen LogP contribution in [0.4, 0.5) is 10.2 Å². The average molecular weight is 452 g/mol. The fourth-order valence-electron chi connectivity index (χ4n) is 2.58. The van der Waals surface area contributed by atoms with E-state index in [9.17, 15) is 9.18 Å². The molecular formula is C20H23BrFN3OS. The Labute approximate surface area is 171 Å². The van der Waals surface area contributed by atoms with Gasteiger partial charge in [-0.2, -0.15) is 0 Å². The summed E-state index contributed by atoms with van der Waals surface area (Å²) < 4.78 is 14.2. The van der Waals surface area contributed by atoms with E-state index in [0.717, 1.165) is 27.9 Å². The van der Waals surface area contributed by atoms with Crippen molar-refractivity contribution < 1.29 is 4.39 Å². The number of pyridine rings is 1. The predicted octanol–water partition coefficient (Wildman–Crippen LogP) is 5.33. The first-order valence-corrected chi connectivity index (χ1v) is 10.1. The second kappa shape index (κ2) is 9.82. The Bertz CT molecular complexity index is 917. The zero-order valence-corrected chi connectivity index (χ0v) is 17.7. The minimum Gasteiger partial charge on any atom is -0.371 e. The molecule has 0 aromatic carbocycles. The van der Waals surface area contributed by atoms with Gasteiger partial charge < -0.3 is 15.6 Å². The first-order valence-electron chi connectivity index (χ1n) is 8.48. The van der Waals surface area contributed by atoms with Crippen LogP contribution in [0.25, 0.3) is 18.0 Å². The fourth-order valence-corrected chi connectivity index (χ4v) is 4.43. The van der Waals surface area contributed by atoms with Crippen molar-refractivity contribution in [2.45, 2.75) is 19.9 Å². The van der Waals surface area contributed by atoms with Gasteiger partial charge in [-0.1, -0.05) is 25.8 Å². The summed E-state index contributed by atoms with van der Waals surface area (Å²) in [5, 5.41) is 6.56. The van der Waals surface area contributed by atoms with Gasteiger partial charge in [0.15, 0.2) is 5.43 Å². The number of H-pyrrole nitrogens is 1. The lowest BCUT2D eigenvalue weighted by atomic mass is 10.2. The molecule has 3 N–H and O–H groups in total. The Morgan fingerprint density at radius 3 is 2.70 bits per heavy atom. The number of thiophene rings is 1. The molecule has 0 aliphatic rings. The highest BCUT2D eigenvalue weighted by atomic mass is 79.9. The highest BCUT2D eigenvalue weighted by Crippen LogP contribution is 2.37. The molecule has 4 nitrogen and oxygen atoms in total. The Kier molecular flexibility index (Phi) is 7.77. The maximum absolute atomic E-state index is 13.4. The fraction of sp³-hybridized carbons (Fsp3) is 0.250. The maximum Gasteiger partial charge on any atom is 0.191 e. The molecule has 2 aromatic rings. The van der Waals surface area contributed by atoms with E-state index in [1.54, 1.807) is 6.08 Å². The largest absolute Gasteiger partial charge is 0.371 e. The Balaban J connectivity index is 1.82. The molecule has 7 heteroatoms. The van der Waals surface area contributed by atoms with Crippen LogP contribution in [0, 0.1) is 6.92 Å². The van der Waals surface area contributed by atoms with Crippen molar-refractivity contribution >= 4 is 51.1 Å². The van der Waals surface area contributed by atoms with Crippen LogP contribution >= 0.6 is 27.3 Å². The highest BCUT2D eigenvalue weighted by Gasteiger charge is 2.14. The van der Waals surface area contributed by atoms with Gasteiger partial charge in [0.05, 0.1) is 10.6 Å². The van der Waals surface area contributed by atoms with E-state index < -0.39 is 5.83 Å². The number of rotatable bonds is 10. The number of aromatic nitrogens is 1. The van der Waals surface area contributed by atoms with Crippen molar-refractivity contribution in [2.75, 3.05) is 18.4 Å². The average Bonchev–Trinajstić information content (AvgIpc) is 2.92. The zero-order valence-electron chi connectivity index (χ0n) is 15.3. The van der Waals surface area contributed by atoms with Crippen LogP contribution in [0.5, 0.6) is 0 Å². The predicted molar refractivity (Wildman–Crippen MR) is 119 cm³/mol. The molecule has 0 aliphatic heterocycles. The normalized spacial score (nSPS) is 10.6. The SMILES string of the molecule is C=Cc1[nH]c(NCCCNCc2sc(C(=C)F)c(Br)c2C)cc(=O)c1C=C. The Hall–Kier alpha value is -1.96. The molecule has 0 saturated carbocycles. The summed E-state index contributed by atoms with van der Waals surface area (Å²) in [6.45, 7) is 14.9. The second-order valence-electron chi connectivity index (χ2n) is 5.94. The van der Waals surface area contributed by atoms with Crippen LogP contribution in [0.2, 0.25) is 0 Å². The molecule has 0 saturated heterocycles. The van der Waals surface area contributed by atoms with Crippen LogP contribution in [0.1, 0.15) is 33.0 Å². The van der Waals surface area contributed by atoms with E-state index in [1.807, 2.05) is 6.92 Å². The molecule has 0 unspecified atom stereocenters. The third-order valence-electron chi connectivity index (χ3n) is 4.06. The van der Waals surface area contributed by atoms with Crippen molar-refractivity contribution in [1.82, 2.24) is 10.3 Å². The first-order chi connectivity index (χ1) is 12.9. The number of aromatic amines is 1. The maximum atomic E-state index is 13.4. The van der Waals surface area contributed by atoms with Crippen LogP contribution in [0.3, 0.4) is 0 Å². The number of anilines is 1. The Morgan fingerprint density at radius 1 is 1.37 bits per heavy atom. The smallest absolute Gasteiger partial charge is 0.191 e. The van der Waals surface area contributed by atoms with Gasteiger partial charge in [0.25, 0.3) is 0 Å². The standard InChI is InChI=1S/C20H23BrFN3OS/c1-5-14-15(6-2)25-18(10-16(14)26)24-9-7-8-23-11-17-12(3)19(21)20(27-17)13(4)22/h5-6,10,23H,1-2,4,7-9,11H2,3H3,(H2,24,25,26). The van der Waals surface area contributed by atoms with Crippen molar-refractivity contribution in [3.05, 3.63) is 67.1 Å². The van der Waals surface area contributed by atoms with Crippen LogP contribution in [0.15, 0.2) is 35.1 Å². The Morgan fingerprint density at radius 2 is 2.11 bits per heavy atom. The quantitative estimate of drug-likeness (QED) is 0.428. The van der Waals surface area contributed by atoms with Crippen molar-refractivity contribution in [2.24, 2.45) is 0 Å². The zero-order chi connectivity index (χ0) is 20.0. The van der Waals surface area contributed by atoms with Crippen molar-refractivity contribution in [1.29, 1.82) is 0 Å². The molecule has 27 heavy (non-hydrogen) atoms. The summed E-state index contributed by atoms with van der Waals surface area (Å²) in [5.74, 6) is 0.241. The number of halogens is 2. The number of hydrogen-bond acceptors (Lipinski definition) is 4. The molecule has 2 rings (SSSR count). The summed E-state index contributed by atoms with van der Waals surface area (Å²) in [4.78, 5) is 16.8. The molecule has 0 bridgehead atoms. The molecule has 0 aliphatic carbocycles. The first kappa shape index (κ1) is 21.3. The molecule has 0 atom stereocenters. The summed E-state index contributed by atoms with van der Waals surface area (Å²) in [6, 6.07) is 1.52. The van der Waals surface area contributed by atoms with E-state index in [1.165, 1.54) is 23.5 Å². The van der Waals surface area contributed by atoms with Gasteiger partial charge >= 0.3 is 0 Å². The molecule has 144 valence electrons. The lowest BCUT2D eigenvalue weighted by Crippen LogP contribution is -2.18. The van der Waals surface area contributed by atoms with Gasteiger partial charge in [-0.25, -0.2) is 4.39 Å². The van der Waals surface area contributed by atoms with Crippen LogP contribution in [-0.2, 0) is 6.54 Å². The van der Waals surface area contributed by atoms with E-state index in [-0.39, 0.29) is 5.43 Å². The third-order valence-corrected chi connectivity index (χ3v) is 6.64. The summed E-state index contributed by atoms with van der Waals surface area (Å²) in [6.07, 6.45) is 3.99.